The van der Waals surface area contributed by atoms with E-state index in [4.69, 9.17) is 4.74 Å². The Bertz CT molecular complexity index is 756. The highest BCUT2D eigenvalue weighted by Crippen LogP contribution is 2.41. The molecule has 5 heteroatoms. The molecular weight excluding hydrogens is 342 g/mol. The number of nitrogens with one attached hydrogen (secondary N) is 1. The number of fused-ring (bicyclic) bond motifs is 1. The molecule has 0 radical (unpaired) electrons. The molecule has 0 amide bonds. The van der Waals surface area contributed by atoms with Gasteiger partial charge in [-0.25, -0.2) is 0 Å². The second kappa shape index (κ2) is 6.08. The van der Waals surface area contributed by atoms with Crippen molar-refractivity contribution in [2.24, 2.45) is 4.99 Å². The smallest absolute Gasteiger partial charge is 0.123 e. The number of aryl methyl sites for hydroxylation is 2. The summed E-state index contributed by atoms with van der Waals surface area (Å²) in [7, 11) is 1.69. The second-order valence-corrected chi connectivity index (χ2v) is 6.19. The summed E-state index contributed by atoms with van der Waals surface area (Å²) in [6.07, 6.45) is 5.66. The number of aromatic nitrogens is 1. The van der Waals surface area contributed by atoms with Gasteiger partial charge in [0.1, 0.15) is 11.4 Å². The van der Waals surface area contributed by atoms with Crippen LogP contribution in [0.25, 0.3) is 0 Å². The zero-order valence-electron chi connectivity index (χ0n) is 12.9. The van der Waals surface area contributed by atoms with Crippen molar-refractivity contribution in [3.63, 3.8) is 0 Å². The maximum atomic E-state index is 5.43. The maximum Gasteiger partial charge on any atom is 0.123 e. The van der Waals surface area contributed by atoms with Gasteiger partial charge in [0.15, 0.2) is 0 Å². The minimum Gasteiger partial charge on any atom is -0.496 e. The Hall–Kier alpha value is -1.88. The summed E-state index contributed by atoms with van der Waals surface area (Å²) in [6, 6.07) is 4.05. The predicted octanol–water partition coefficient (Wildman–Crippen LogP) is 4.86. The zero-order chi connectivity index (χ0) is 15.7. The van der Waals surface area contributed by atoms with Crippen molar-refractivity contribution in [1.29, 1.82) is 0 Å². The van der Waals surface area contributed by atoms with Gasteiger partial charge in [-0.15, -0.1) is 0 Å². The Kier molecular flexibility index (Phi) is 4.16. The molecule has 114 valence electrons. The summed E-state index contributed by atoms with van der Waals surface area (Å²) in [5, 5.41) is 3.53. The first-order valence-electron chi connectivity index (χ1n) is 7.23. The number of nitrogens with zero attached hydrogens (tertiary/aromatic N) is 2. The fourth-order valence-corrected chi connectivity index (χ4v) is 3.07. The van der Waals surface area contributed by atoms with Crippen molar-refractivity contribution in [1.82, 2.24) is 4.98 Å². The van der Waals surface area contributed by atoms with Crippen LogP contribution in [0, 0.1) is 13.8 Å². The molecule has 0 spiro atoms. The van der Waals surface area contributed by atoms with E-state index in [1.807, 2.05) is 18.5 Å². The van der Waals surface area contributed by atoms with Gasteiger partial charge in [-0.3, -0.25) is 9.98 Å². The lowest BCUT2D eigenvalue weighted by molar-refractivity contribution is 0.412. The van der Waals surface area contributed by atoms with Crippen LogP contribution in [-0.2, 0) is 6.42 Å². The summed E-state index contributed by atoms with van der Waals surface area (Å²) in [5.41, 5.74) is 6.21. The van der Waals surface area contributed by atoms with Crippen molar-refractivity contribution < 1.29 is 4.74 Å². The Labute approximate surface area is 138 Å². The topological polar surface area (TPSA) is 46.5 Å². The third-order valence-corrected chi connectivity index (χ3v) is 4.51. The minimum atomic E-state index is 0.871. The molecule has 0 unspecified atom stereocenters. The van der Waals surface area contributed by atoms with E-state index in [0.717, 1.165) is 56.9 Å². The maximum absolute atomic E-state index is 5.43. The lowest BCUT2D eigenvalue weighted by Crippen LogP contribution is -2.04. The molecule has 1 aromatic carbocycles. The first-order chi connectivity index (χ1) is 10.6. The van der Waals surface area contributed by atoms with E-state index in [1.165, 1.54) is 0 Å². The minimum absolute atomic E-state index is 0.871. The number of rotatable bonds is 3. The fraction of sp³-hybridized carbons (Fsp3) is 0.294. The van der Waals surface area contributed by atoms with Crippen LogP contribution >= 0.6 is 15.9 Å². The normalized spacial score (nSPS) is 12.9. The number of halogens is 1. The number of hydrogen-bond acceptors (Lipinski definition) is 4. The highest BCUT2D eigenvalue weighted by atomic mass is 79.9. The molecule has 0 aliphatic carbocycles. The number of benzene rings is 1. The highest BCUT2D eigenvalue weighted by Gasteiger charge is 2.17. The van der Waals surface area contributed by atoms with E-state index in [9.17, 15) is 0 Å². The summed E-state index contributed by atoms with van der Waals surface area (Å²) < 4.78 is 6.34. The molecule has 0 saturated carbocycles. The molecular formula is C17H18BrN3O. The molecule has 0 fully saturated rings. The van der Waals surface area contributed by atoms with Crippen molar-refractivity contribution in [2.45, 2.75) is 26.7 Å². The van der Waals surface area contributed by atoms with Crippen LogP contribution in [0.15, 0.2) is 27.8 Å². The van der Waals surface area contributed by atoms with E-state index in [2.05, 4.69) is 51.1 Å². The van der Waals surface area contributed by atoms with Gasteiger partial charge in [0.25, 0.3) is 0 Å². The summed E-state index contributed by atoms with van der Waals surface area (Å²) in [6.45, 7) is 4.14. The quantitative estimate of drug-likeness (QED) is 0.850. The summed E-state index contributed by atoms with van der Waals surface area (Å²) in [5.74, 6) is 0.871. The van der Waals surface area contributed by atoms with Gasteiger partial charge in [0.05, 0.1) is 23.0 Å². The monoisotopic (exact) mass is 359 g/mol. The molecule has 2 heterocycles. The molecule has 4 nitrogen and oxygen atoms in total. The second-order valence-electron chi connectivity index (χ2n) is 5.34. The van der Waals surface area contributed by atoms with Crippen LogP contribution in [0.5, 0.6) is 5.75 Å². The van der Waals surface area contributed by atoms with Crippen LogP contribution in [0.4, 0.5) is 17.1 Å². The van der Waals surface area contributed by atoms with E-state index in [-0.39, 0.29) is 0 Å². The van der Waals surface area contributed by atoms with Crippen LogP contribution in [0.2, 0.25) is 0 Å². The predicted molar refractivity (Wildman–Crippen MR) is 94.2 cm³/mol. The molecule has 1 aromatic heterocycles. The molecule has 0 atom stereocenters. The third-order valence-electron chi connectivity index (χ3n) is 3.91. The van der Waals surface area contributed by atoms with Crippen molar-refractivity contribution in [3.05, 3.63) is 39.6 Å². The first kappa shape index (κ1) is 15.0. The fourth-order valence-electron chi connectivity index (χ4n) is 2.68. The van der Waals surface area contributed by atoms with Crippen LogP contribution in [-0.4, -0.2) is 18.3 Å². The lowest BCUT2D eigenvalue weighted by atomic mass is 10.1. The van der Waals surface area contributed by atoms with E-state index < -0.39 is 0 Å². The van der Waals surface area contributed by atoms with Gasteiger partial charge < -0.3 is 10.1 Å². The standard InChI is InChI=1S/C17H18BrN3O/c1-10-6-7-14(22-3)11(2)15(10)21-16-12(18)9-20-13-5-4-8-19-17(13)16/h6-9H,4-5H2,1-3H3,(H,20,21). The van der Waals surface area contributed by atoms with E-state index >= 15 is 0 Å². The highest BCUT2D eigenvalue weighted by molar-refractivity contribution is 9.10. The number of aliphatic imine (C=N–C) groups is 1. The molecule has 2 aromatic rings. The van der Waals surface area contributed by atoms with Crippen LogP contribution < -0.4 is 10.1 Å². The average molecular weight is 360 g/mol. The van der Waals surface area contributed by atoms with Gasteiger partial charge in [0, 0.05) is 23.7 Å². The van der Waals surface area contributed by atoms with Crippen molar-refractivity contribution in [3.8, 4) is 5.75 Å². The lowest BCUT2D eigenvalue weighted by Gasteiger charge is -2.20. The van der Waals surface area contributed by atoms with Crippen molar-refractivity contribution in [2.75, 3.05) is 12.4 Å². The Morgan fingerprint density at radius 1 is 1.23 bits per heavy atom. The molecule has 1 aliphatic heterocycles. The Morgan fingerprint density at radius 2 is 2.05 bits per heavy atom. The Morgan fingerprint density at radius 3 is 2.82 bits per heavy atom. The average Bonchev–Trinajstić information content (AvgIpc) is 2.53. The SMILES string of the molecule is COc1ccc(C)c(Nc2c(Br)cnc3c2N=CCC3)c1C. The number of methoxy groups -OCH3 is 1. The van der Waals surface area contributed by atoms with E-state index in [1.54, 1.807) is 7.11 Å². The summed E-state index contributed by atoms with van der Waals surface area (Å²) in [4.78, 5) is 9.01. The third kappa shape index (κ3) is 2.61. The zero-order valence-corrected chi connectivity index (χ0v) is 14.5. The van der Waals surface area contributed by atoms with E-state index in [0.29, 0.717) is 0 Å². The van der Waals surface area contributed by atoms with Gasteiger partial charge in [0.2, 0.25) is 0 Å². The van der Waals surface area contributed by atoms with Gasteiger partial charge in [-0.2, -0.15) is 0 Å². The van der Waals surface area contributed by atoms with Gasteiger partial charge >= 0.3 is 0 Å². The van der Waals surface area contributed by atoms with Crippen molar-refractivity contribution >= 4 is 39.2 Å². The van der Waals surface area contributed by atoms with Crippen LogP contribution in [0.1, 0.15) is 23.2 Å². The molecule has 1 N–H and O–H groups in total. The number of anilines is 2. The van der Waals surface area contributed by atoms with Gasteiger partial charge in [-0.05, 0) is 54.2 Å². The molecule has 1 aliphatic rings. The number of pyridine rings is 1. The van der Waals surface area contributed by atoms with Gasteiger partial charge in [-0.1, -0.05) is 6.07 Å². The largest absolute Gasteiger partial charge is 0.496 e. The summed E-state index contributed by atoms with van der Waals surface area (Å²) >= 11 is 3.59. The molecule has 0 saturated heterocycles. The molecule has 3 rings (SSSR count). The molecule has 0 bridgehead atoms. The molecule has 22 heavy (non-hydrogen) atoms. The first-order valence-corrected chi connectivity index (χ1v) is 8.02. The Balaban J connectivity index is 2.10. The van der Waals surface area contributed by atoms with Crippen LogP contribution in [0.3, 0.4) is 0 Å². The number of hydrogen-bond donors (Lipinski definition) is 1. The number of ether oxygens (including phenoxy) is 1.